The summed E-state index contributed by atoms with van der Waals surface area (Å²) in [6, 6.07) is 0. The van der Waals surface area contributed by atoms with Crippen LogP contribution in [-0.4, -0.2) is 29.4 Å². The van der Waals surface area contributed by atoms with E-state index in [2.05, 4.69) is 0 Å². The Kier molecular flexibility index (Phi) is 14.9. The molecule has 0 aromatic carbocycles. The Bertz CT molecular complexity index is 280. The molecule has 1 N–H and O–H groups in total. The van der Waals surface area contributed by atoms with Crippen LogP contribution in [0.4, 0.5) is 0 Å². The van der Waals surface area contributed by atoms with Crippen molar-refractivity contribution in [1.82, 2.24) is 0 Å². The Hall–Kier alpha value is 1.51. The van der Waals surface area contributed by atoms with Gasteiger partial charge in [0.15, 0.2) is 0 Å². The van der Waals surface area contributed by atoms with Gasteiger partial charge in [-0.15, -0.1) is 0 Å². The van der Waals surface area contributed by atoms with Crippen molar-refractivity contribution in [3.05, 3.63) is 0 Å². The summed E-state index contributed by atoms with van der Waals surface area (Å²) in [5.41, 5.74) is 0. The van der Waals surface area contributed by atoms with Crippen LogP contribution in [0.25, 0.3) is 0 Å². The molecule has 0 amide bonds. The van der Waals surface area contributed by atoms with E-state index in [-0.39, 0.29) is 57.5 Å². The molecule has 6 heteroatoms. The largest absolute Gasteiger partial charge is 1.00 e. The fourth-order valence-electron chi connectivity index (χ4n) is 1.98. The number of aliphatic hydroxyl groups excluding tert-OH is 1. The first-order valence-electron chi connectivity index (χ1n) is 6.54. The third kappa shape index (κ3) is 11.3. The Morgan fingerprint density at radius 3 is 1.94 bits per heavy atom. The minimum atomic E-state index is -4.15. The van der Waals surface area contributed by atoms with E-state index in [1.54, 1.807) is 0 Å². The van der Waals surface area contributed by atoms with Crippen molar-refractivity contribution >= 4 is 10.1 Å². The van der Waals surface area contributed by atoms with E-state index in [1.165, 1.54) is 0 Å². The molecular weight excluding hydrogens is 279 g/mol. The molecule has 2 atom stereocenters. The Labute approximate surface area is 154 Å². The molecule has 0 aliphatic rings. The van der Waals surface area contributed by atoms with Crippen molar-refractivity contribution in [2.24, 2.45) is 0 Å². The molecule has 18 heavy (non-hydrogen) atoms. The summed E-state index contributed by atoms with van der Waals surface area (Å²) in [5.74, 6) is 0. The van der Waals surface area contributed by atoms with Crippen molar-refractivity contribution in [3.63, 3.8) is 0 Å². The maximum atomic E-state index is 10.9. The van der Waals surface area contributed by atoms with Crippen LogP contribution in [-0.2, 0) is 10.1 Å². The summed E-state index contributed by atoms with van der Waals surface area (Å²) in [7, 11) is -4.15. The second-order valence-corrected chi connectivity index (χ2v) is 6.28. The third-order valence-electron chi connectivity index (χ3n) is 2.95. The first-order valence-corrected chi connectivity index (χ1v) is 8.01. The summed E-state index contributed by atoms with van der Waals surface area (Å²) in [5, 5.41) is 8.76. The molecule has 0 aliphatic carbocycles. The van der Waals surface area contributed by atoms with Crippen molar-refractivity contribution in [2.45, 2.75) is 76.6 Å². The zero-order valence-corrected chi connectivity index (χ0v) is 15.8. The van der Waals surface area contributed by atoms with Crippen LogP contribution in [0.15, 0.2) is 0 Å². The van der Waals surface area contributed by atoms with Gasteiger partial charge in [-0.3, -0.25) is 0 Å². The van der Waals surface area contributed by atoms with Gasteiger partial charge in [-0.25, -0.2) is 8.42 Å². The Balaban J connectivity index is 0. The van der Waals surface area contributed by atoms with Gasteiger partial charge >= 0.3 is 51.4 Å². The van der Waals surface area contributed by atoms with Crippen molar-refractivity contribution in [2.75, 3.05) is 0 Å². The average Bonchev–Trinajstić information content (AvgIpc) is 2.21. The van der Waals surface area contributed by atoms with E-state index >= 15 is 0 Å². The molecule has 0 rings (SSSR count). The second-order valence-electron chi connectivity index (χ2n) is 4.63. The maximum Gasteiger partial charge on any atom is 1.00 e. The fraction of sp³-hybridized carbons (Fsp3) is 1.00. The number of rotatable bonds is 10. The summed E-state index contributed by atoms with van der Waals surface area (Å²) in [6.07, 6.45) is 5.24. The molecule has 0 fully saturated rings. The van der Waals surface area contributed by atoms with Crippen molar-refractivity contribution < 1.29 is 69.5 Å². The van der Waals surface area contributed by atoms with Crippen LogP contribution in [0, 0.1) is 0 Å². The van der Waals surface area contributed by atoms with Crippen molar-refractivity contribution in [3.8, 4) is 0 Å². The van der Waals surface area contributed by atoms with Crippen LogP contribution >= 0.6 is 0 Å². The predicted octanol–water partition coefficient (Wildman–Crippen LogP) is -0.574. The molecule has 0 bridgehead atoms. The molecule has 0 radical (unpaired) electrons. The van der Waals surface area contributed by atoms with Gasteiger partial charge in [0, 0.05) is 5.25 Å². The van der Waals surface area contributed by atoms with Gasteiger partial charge in [0.25, 0.3) is 0 Å². The molecule has 104 valence electrons. The molecular formula is C12H25KO4S. The second kappa shape index (κ2) is 12.3. The van der Waals surface area contributed by atoms with Crippen LogP contribution < -0.4 is 51.4 Å². The van der Waals surface area contributed by atoms with Gasteiger partial charge in [-0.1, -0.05) is 39.5 Å². The number of unbranched alkanes of at least 4 members (excludes halogenated alkanes) is 1. The first kappa shape index (κ1) is 21.8. The third-order valence-corrected chi connectivity index (χ3v) is 4.24. The quantitative estimate of drug-likeness (QED) is 0.333. The van der Waals surface area contributed by atoms with E-state index in [0.717, 1.165) is 19.3 Å². The zero-order chi connectivity index (χ0) is 13.3. The molecule has 0 heterocycles. The summed E-state index contributed by atoms with van der Waals surface area (Å²) < 4.78 is 32.8. The molecule has 0 aromatic rings. The summed E-state index contributed by atoms with van der Waals surface area (Å²) in [4.78, 5) is 0. The van der Waals surface area contributed by atoms with E-state index in [9.17, 15) is 18.1 Å². The minimum absolute atomic E-state index is 0. The predicted molar refractivity (Wildman–Crippen MR) is 67.8 cm³/mol. The molecule has 0 aliphatic heterocycles. The average molecular weight is 304 g/mol. The van der Waals surface area contributed by atoms with Gasteiger partial charge in [0.05, 0.1) is 16.2 Å². The molecule has 4 nitrogen and oxygen atoms in total. The van der Waals surface area contributed by atoms with Gasteiger partial charge in [0.2, 0.25) is 0 Å². The molecule has 0 aromatic heterocycles. The first-order chi connectivity index (χ1) is 7.91. The number of aliphatic hydroxyl groups is 1. The number of hydrogen-bond donors (Lipinski definition) is 1. The number of hydrogen-bond acceptors (Lipinski definition) is 4. The van der Waals surface area contributed by atoms with Gasteiger partial charge in [-0.05, 0) is 25.7 Å². The van der Waals surface area contributed by atoms with E-state index < -0.39 is 15.4 Å². The Morgan fingerprint density at radius 2 is 1.50 bits per heavy atom. The fourth-order valence-corrected chi connectivity index (χ4v) is 2.96. The molecule has 0 saturated heterocycles. The Morgan fingerprint density at radius 1 is 1.00 bits per heavy atom. The standard InChI is InChI=1S/C12H26O4S.K/c1-3-7-11(13)9-5-6-10-12(8-4-2)17(14,15)16;/h11-13H,3-10H2,1-2H3,(H,14,15,16);/q;+1/p-1. The molecule has 2 unspecified atom stereocenters. The van der Waals surface area contributed by atoms with E-state index in [4.69, 9.17) is 0 Å². The van der Waals surface area contributed by atoms with Crippen LogP contribution in [0.1, 0.15) is 65.2 Å². The monoisotopic (exact) mass is 304 g/mol. The maximum absolute atomic E-state index is 10.9. The summed E-state index contributed by atoms with van der Waals surface area (Å²) >= 11 is 0. The van der Waals surface area contributed by atoms with E-state index in [1.807, 2.05) is 13.8 Å². The van der Waals surface area contributed by atoms with Crippen LogP contribution in [0.2, 0.25) is 0 Å². The van der Waals surface area contributed by atoms with Crippen molar-refractivity contribution in [1.29, 1.82) is 0 Å². The van der Waals surface area contributed by atoms with Crippen LogP contribution in [0.5, 0.6) is 0 Å². The van der Waals surface area contributed by atoms with Crippen LogP contribution in [0.3, 0.4) is 0 Å². The SMILES string of the molecule is CCCC(O)CCCCC(CCC)S(=O)(=O)[O-].[K+]. The van der Waals surface area contributed by atoms with E-state index in [0.29, 0.717) is 32.1 Å². The normalized spacial score (nSPS) is 14.9. The molecule has 0 saturated carbocycles. The van der Waals surface area contributed by atoms with Gasteiger partial charge in [-0.2, -0.15) is 0 Å². The zero-order valence-electron chi connectivity index (χ0n) is 11.9. The van der Waals surface area contributed by atoms with Gasteiger partial charge < -0.3 is 9.66 Å². The smallest absolute Gasteiger partial charge is 0.748 e. The molecule has 0 spiro atoms. The summed E-state index contributed by atoms with van der Waals surface area (Å²) in [6.45, 7) is 3.90. The topological polar surface area (TPSA) is 77.4 Å². The minimum Gasteiger partial charge on any atom is -0.748 e. The van der Waals surface area contributed by atoms with Gasteiger partial charge in [0.1, 0.15) is 0 Å².